The lowest BCUT2D eigenvalue weighted by Gasteiger charge is -2.29. The molecule has 8 nitrogen and oxygen atoms in total. The number of nitrogens with zero attached hydrogens (tertiary/aromatic N) is 3. The number of anilines is 1. The number of hydrogen-bond donors (Lipinski definition) is 2. The fourth-order valence-electron chi connectivity index (χ4n) is 1.63. The first-order valence-corrected chi connectivity index (χ1v) is 5.33. The van der Waals surface area contributed by atoms with E-state index in [0.29, 0.717) is 13.2 Å². The number of rotatable bonds is 3. The molecular formula is C9H15N5O3. The lowest BCUT2D eigenvalue weighted by atomic mass is 10.2. The summed E-state index contributed by atoms with van der Waals surface area (Å²) in [6, 6.07) is 0. The van der Waals surface area contributed by atoms with Crippen LogP contribution in [0.1, 0.15) is 10.5 Å². The number of nitrogens with one attached hydrogen (secondary N) is 1. The van der Waals surface area contributed by atoms with Crippen molar-refractivity contribution in [3.8, 4) is 0 Å². The van der Waals surface area contributed by atoms with Crippen LogP contribution in [0.25, 0.3) is 0 Å². The molecule has 0 saturated carbocycles. The van der Waals surface area contributed by atoms with Gasteiger partial charge in [0.2, 0.25) is 11.5 Å². The van der Waals surface area contributed by atoms with Crippen molar-refractivity contribution in [3.63, 3.8) is 0 Å². The Morgan fingerprint density at radius 1 is 1.65 bits per heavy atom. The van der Waals surface area contributed by atoms with Crippen molar-refractivity contribution in [1.29, 1.82) is 0 Å². The van der Waals surface area contributed by atoms with Gasteiger partial charge in [-0.3, -0.25) is 4.79 Å². The summed E-state index contributed by atoms with van der Waals surface area (Å²) in [6.07, 6.45) is -0.0150. The van der Waals surface area contributed by atoms with Gasteiger partial charge in [0.15, 0.2) is 0 Å². The van der Waals surface area contributed by atoms with Gasteiger partial charge in [-0.25, -0.2) is 4.63 Å². The van der Waals surface area contributed by atoms with Crippen LogP contribution < -0.4 is 11.1 Å². The first kappa shape index (κ1) is 11.8. The second kappa shape index (κ2) is 5.11. The SMILES string of the molecule is CN1CCOC(CNC(=O)c2nonc2N)C1. The van der Waals surface area contributed by atoms with Crippen LogP contribution in [0.2, 0.25) is 0 Å². The molecule has 1 aromatic heterocycles. The average Bonchev–Trinajstić information content (AvgIpc) is 2.72. The summed E-state index contributed by atoms with van der Waals surface area (Å²) >= 11 is 0. The smallest absolute Gasteiger partial charge is 0.277 e. The van der Waals surface area contributed by atoms with E-state index in [-0.39, 0.29) is 17.6 Å². The highest BCUT2D eigenvalue weighted by atomic mass is 16.6. The van der Waals surface area contributed by atoms with E-state index >= 15 is 0 Å². The summed E-state index contributed by atoms with van der Waals surface area (Å²) < 4.78 is 9.85. The summed E-state index contributed by atoms with van der Waals surface area (Å²) in [5.41, 5.74) is 5.41. The molecule has 8 heteroatoms. The quantitative estimate of drug-likeness (QED) is 0.678. The van der Waals surface area contributed by atoms with E-state index in [1.54, 1.807) is 0 Å². The van der Waals surface area contributed by atoms with Gasteiger partial charge < -0.3 is 20.7 Å². The lowest BCUT2D eigenvalue weighted by molar-refractivity contribution is -0.0175. The lowest BCUT2D eigenvalue weighted by Crippen LogP contribution is -2.46. The third kappa shape index (κ3) is 2.92. The molecule has 3 N–H and O–H groups in total. The molecule has 1 atom stereocenters. The minimum atomic E-state index is -0.402. The fraction of sp³-hybridized carbons (Fsp3) is 0.667. The number of morpholine rings is 1. The first-order chi connectivity index (χ1) is 8.16. The topological polar surface area (TPSA) is 107 Å². The Balaban J connectivity index is 1.82. The highest BCUT2D eigenvalue weighted by Gasteiger charge is 2.20. The zero-order chi connectivity index (χ0) is 12.3. The van der Waals surface area contributed by atoms with Crippen molar-refractivity contribution in [1.82, 2.24) is 20.5 Å². The van der Waals surface area contributed by atoms with Crippen LogP contribution in [0.15, 0.2) is 4.63 Å². The van der Waals surface area contributed by atoms with Crippen molar-refractivity contribution in [3.05, 3.63) is 5.69 Å². The zero-order valence-corrected chi connectivity index (χ0v) is 9.55. The standard InChI is InChI=1S/C9H15N5O3/c1-14-2-3-16-6(5-14)4-11-9(15)7-8(10)13-17-12-7/h6H,2-5H2,1H3,(H2,10,13)(H,11,15). The van der Waals surface area contributed by atoms with Crippen molar-refractivity contribution >= 4 is 11.7 Å². The Labute approximate surface area is 98.0 Å². The molecule has 1 aliphatic rings. The predicted molar refractivity (Wildman–Crippen MR) is 58.3 cm³/mol. The van der Waals surface area contributed by atoms with Gasteiger partial charge in [-0.05, 0) is 17.4 Å². The third-order valence-corrected chi connectivity index (χ3v) is 2.56. The predicted octanol–water partition coefficient (Wildman–Crippen LogP) is -1.29. The van der Waals surface area contributed by atoms with Crippen molar-refractivity contribution in [2.45, 2.75) is 6.10 Å². The van der Waals surface area contributed by atoms with Gasteiger partial charge in [-0.1, -0.05) is 0 Å². The van der Waals surface area contributed by atoms with Crippen LogP contribution >= 0.6 is 0 Å². The minimum Gasteiger partial charge on any atom is -0.379 e. The number of amides is 1. The largest absolute Gasteiger partial charge is 0.379 e. The van der Waals surface area contributed by atoms with Gasteiger partial charge in [0.25, 0.3) is 5.91 Å². The number of ether oxygens (including phenoxy) is 1. The van der Waals surface area contributed by atoms with E-state index in [0.717, 1.165) is 13.1 Å². The van der Waals surface area contributed by atoms with Crippen molar-refractivity contribution < 1.29 is 14.2 Å². The molecule has 1 saturated heterocycles. The Bertz CT molecular complexity index is 394. The number of carbonyl (C=O) groups excluding carboxylic acids is 1. The van der Waals surface area contributed by atoms with E-state index in [2.05, 4.69) is 25.2 Å². The molecule has 1 aromatic rings. The Morgan fingerprint density at radius 2 is 2.47 bits per heavy atom. The normalized spacial score (nSPS) is 21.4. The van der Waals surface area contributed by atoms with Crippen LogP contribution in [0.3, 0.4) is 0 Å². The van der Waals surface area contributed by atoms with Gasteiger partial charge in [0.05, 0.1) is 12.7 Å². The maximum atomic E-state index is 11.6. The fourth-order valence-corrected chi connectivity index (χ4v) is 1.63. The molecule has 0 aromatic carbocycles. The highest BCUT2D eigenvalue weighted by molar-refractivity contribution is 5.95. The van der Waals surface area contributed by atoms with E-state index in [1.807, 2.05) is 7.05 Å². The molecule has 2 heterocycles. The van der Waals surface area contributed by atoms with Gasteiger partial charge >= 0.3 is 0 Å². The summed E-state index contributed by atoms with van der Waals surface area (Å²) in [5, 5.41) is 9.44. The van der Waals surface area contributed by atoms with Gasteiger partial charge in [0, 0.05) is 19.6 Å². The Kier molecular flexibility index (Phi) is 3.55. The number of carbonyl (C=O) groups is 1. The zero-order valence-electron chi connectivity index (χ0n) is 9.55. The van der Waals surface area contributed by atoms with Crippen LogP contribution in [0.5, 0.6) is 0 Å². The number of nitrogens with two attached hydrogens (primary N) is 1. The molecule has 94 valence electrons. The highest BCUT2D eigenvalue weighted by Crippen LogP contribution is 2.05. The van der Waals surface area contributed by atoms with Gasteiger partial charge in [-0.15, -0.1) is 0 Å². The molecule has 1 unspecified atom stereocenters. The molecule has 0 aliphatic carbocycles. The minimum absolute atomic E-state index is 0.00849. The molecule has 2 rings (SSSR count). The Morgan fingerprint density at radius 3 is 3.12 bits per heavy atom. The van der Waals surface area contributed by atoms with Crippen LogP contribution in [0.4, 0.5) is 5.82 Å². The van der Waals surface area contributed by atoms with Crippen LogP contribution in [-0.4, -0.2) is 60.5 Å². The maximum Gasteiger partial charge on any atom is 0.277 e. The summed E-state index contributed by atoms with van der Waals surface area (Å²) in [4.78, 5) is 13.8. The van der Waals surface area contributed by atoms with E-state index < -0.39 is 5.91 Å². The molecule has 1 amide bonds. The molecule has 0 bridgehead atoms. The molecule has 1 aliphatic heterocycles. The average molecular weight is 241 g/mol. The number of aromatic nitrogens is 2. The Hall–Kier alpha value is -1.67. The number of nitrogen functional groups attached to an aromatic ring is 1. The van der Waals surface area contributed by atoms with Crippen LogP contribution in [-0.2, 0) is 4.74 Å². The summed E-state index contributed by atoms with van der Waals surface area (Å²) in [6.45, 7) is 2.78. The van der Waals surface area contributed by atoms with Crippen LogP contribution in [0, 0.1) is 0 Å². The molecule has 0 radical (unpaired) electrons. The van der Waals surface area contributed by atoms with E-state index in [4.69, 9.17) is 10.5 Å². The van der Waals surface area contributed by atoms with Gasteiger partial charge in [-0.2, -0.15) is 0 Å². The monoisotopic (exact) mass is 241 g/mol. The number of likely N-dealkylation sites (N-methyl/N-ethyl adjacent to an activating group) is 1. The second-order valence-corrected chi connectivity index (χ2v) is 3.96. The van der Waals surface area contributed by atoms with Crippen molar-refractivity contribution in [2.75, 3.05) is 39.0 Å². The summed E-state index contributed by atoms with van der Waals surface area (Å²) in [5.74, 6) is -0.412. The first-order valence-electron chi connectivity index (χ1n) is 5.33. The number of hydrogen-bond acceptors (Lipinski definition) is 7. The third-order valence-electron chi connectivity index (χ3n) is 2.56. The van der Waals surface area contributed by atoms with Crippen molar-refractivity contribution in [2.24, 2.45) is 0 Å². The molecular weight excluding hydrogens is 226 g/mol. The molecule has 1 fully saturated rings. The van der Waals surface area contributed by atoms with Gasteiger partial charge in [0.1, 0.15) is 0 Å². The molecule has 0 spiro atoms. The van der Waals surface area contributed by atoms with E-state index in [1.165, 1.54) is 0 Å². The molecule has 17 heavy (non-hydrogen) atoms. The maximum absolute atomic E-state index is 11.6. The van der Waals surface area contributed by atoms with E-state index in [9.17, 15) is 4.79 Å². The second-order valence-electron chi connectivity index (χ2n) is 3.96. The summed E-state index contributed by atoms with van der Waals surface area (Å²) in [7, 11) is 2.01.